The second-order valence-corrected chi connectivity index (χ2v) is 7.34. The van der Waals surface area contributed by atoms with Gasteiger partial charge in [0, 0.05) is 19.1 Å². The van der Waals surface area contributed by atoms with E-state index < -0.39 is 22.7 Å². The van der Waals surface area contributed by atoms with Crippen molar-refractivity contribution in [1.29, 1.82) is 0 Å². The number of hydrogen-bond donors (Lipinski definition) is 1. The third-order valence-corrected chi connectivity index (χ3v) is 5.31. The SMILES string of the molecule is CC1CCCN1CCNC(=O)c1cccc(C(F)(F)F)c1Cl.COc1ccccc1. The van der Waals surface area contributed by atoms with Crippen LogP contribution >= 0.6 is 11.6 Å². The monoisotopic (exact) mass is 442 g/mol. The number of hydrogen-bond acceptors (Lipinski definition) is 3. The van der Waals surface area contributed by atoms with Gasteiger partial charge in [-0.05, 0) is 50.6 Å². The van der Waals surface area contributed by atoms with E-state index in [2.05, 4.69) is 17.1 Å². The maximum Gasteiger partial charge on any atom is 0.417 e. The zero-order chi connectivity index (χ0) is 22.1. The first-order chi connectivity index (χ1) is 14.2. The van der Waals surface area contributed by atoms with Crippen LogP contribution in [0.5, 0.6) is 5.75 Å². The fourth-order valence-corrected chi connectivity index (χ4v) is 3.54. The molecule has 1 N–H and O–H groups in total. The summed E-state index contributed by atoms with van der Waals surface area (Å²) in [5.74, 6) is 0.329. The van der Waals surface area contributed by atoms with Crippen LogP contribution in [0.4, 0.5) is 13.2 Å². The van der Waals surface area contributed by atoms with Crippen molar-refractivity contribution in [3.63, 3.8) is 0 Å². The van der Waals surface area contributed by atoms with Gasteiger partial charge in [-0.25, -0.2) is 0 Å². The molecule has 2 aromatic carbocycles. The normalized spacial score (nSPS) is 16.5. The molecule has 0 bridgehead atoms. The summed E-state index contributed by atoms with van der Waals surface area (Å²) in [4.78, 5) is 14.3. The van der Waals surface area contributed by atoms with Gasteiger partial charge in [0.2, 0.25) is 0 Å². The Kier molecular flexibility index (Phi) is 8.99. The van der Waals surface area contributed by atoms with Crippen LogP contribution in [0, 0.1) is 0 Å². The third-order valence-electron chi connectivity index (χ3n) is 4.90. The summed E-state index contributed by atoms with van der Waals surface area (Å²) in [5.41, 5.74) is -1.14. The molecular weight excluding hydrogens is 417 g/mol. The second-order valence-electron chi connectivity index (χ2n) is 6.97. The smallest absolute Gasteiger partial charge is 0.417 e. The molecule has 0 aliphatic carbocycles. The fraction of sp³-hybridized carbons (Fsp3) is 0.409. The molecule has 1 fully saturated rings. The lowest BCUT2D eigenvalue weighted by Gasteiger charge is -2.21. The number of alkyl halides is 3. The Bertz CT molecular complexity index is 816. The Hall–Kier alpha value is -2.25. The molecule has 0 aromatic heterocycles. The van der Waals surface area contributed by atoms with E-state index in [4.69, 9.17) is 16.3 Å². The number of benzene rings is 2. The summed E-state index contributed by atoms with van der Waals surface area (Å²) in [6, 6.07) is 13.5. The van der Waals surface area contributed by atoms with Gasteiger partial charge in [0.25, 0.3) is 5.91 Å². The van der Waals surface area contributed by atoms with Crippen molar-refractivity contribution in [2.75, 3.05) is 26.7 Å². The molecule has 1 amide bonds. The first-order valence-electron chi connectivity index (χ1n) is 9.71. The van der Waals surface area contributed by atoms with Crippen molar-refractivity contribution in [2.45, 2.75) is 32.0 Å². The molecule has 1 heterocycles. The van der Waals surface area contributed by atoms with E-state index in [9.17, 15) is 18.0 Å². The van der Waals surface area contributed by atoms with Crippen LogP contribution in [0.3, 0.4) is 0 Å². The van der Waals surface area contributed by atoms with E-state index in [1.807, 2.05) is 30.3 Å². The standard InChI is InChI=1S/C15H18ClF3N2O.C7H8O/c1-10-4-3-8-21(10)9-7-20-14(22)11-5-2-6-12(13(11)16)15(17,18)19;1-8-7-5-3-2-4-6-7/h2,5-6,10H,3-4,7-9H2,1H3,(H,20,22);2-6H,1H3. The van der Waals surface area contributed by atoms with Crippen molar-refractivity contribution in [3.8, 4) is 5.75 Å². The van der Waals surface area contributed by atoms with Gasteiger partial charge in [0.15, 0.2) is 0 Å². The molecule has 1 atom stereocenters. The largest absolute Gasteiger partial charge is 0.497 e. The average molecular weight is 443 g/mol. The minimum Gasteiger partial charge on any atom is -0.497 e. The van der Waals surface area contributed by atoms with Gasteiger partial charge in [-0.15, -0.1) is 0 Å². The Morgan fingerprint density at radius 3 is 2.43 bits per heavy atom. The van der Waals surface area contributed by atoms with E-state index in [0.717, 1.165) is 31.2 Å². The third kappa shape index (κ3) is 6.92. The topological polar surface area (TPSA) is 41.6 Å². The molecule has 0 saturated carbocycles. The van der Waals surface area contributed by atoms with Crippen molar-refractivity contribution in [2.24, 2.45) is 0 Å². The first-order valence-corrected chi connectivity index (χ1v) is 10.1. The van der Waals surface area contributed by atoms with E-state index in [1.165, 1.54) is 12.1 Å². The minimum absolute atomic E-state index is 0.147. The number of nitrogens with one attached hydrogen (secondary N) is 1. The molecule has 4 nitrogen and oxygen atoms in total. The summed E-state index contributed by atoms with van der Waals surface area (Å²) in [6.45, 7) is 4.18. The summed E-state index contributed by atoms with van der Waals surface area (Å²) < 4.78 is 43.2. The lowest BCUT2D eigenvalue weighted by Crippen LogP contribution is -2.36. The molecular formula is C22H26ClF3N2O2. The van der Waals surface area contributed by atoms with Gasteiger partial charge in [-0.1, -0.05) is 35.9 Å². The highest BCUT2D eigenvalue weighted by molar-refractivity contribution is 6.34. The molecule has 30 heavy (non-hydrogen) atoms. The minimum atomic E-state index is -4.57. The predicted molar refractivity (Wildman–Crippen MR) is 112 cm³/mol. The number of para-hydroxylation sites is 1. The van der Waals surface area contributed by atoms with Crippen LogP contribution in [-0.2, 0) is 6.18 Å². The van der Waals surface area contributed by atoms with Crippen LogP contribution in [0.25, 0.3) is 0 Å². The maximum atomic E-state index is 12.8. The summed E-state index contributed by atoms with van der Waals surface area (Å²) in [7, 11) is 1.66. The van der Waals surface area contributed by atoms with E-state index >= 15 is 0 Å². The van der Waals surface area contributed by atoms with Gasteiger partial charge in [0.1, 0.15) is 5.75 Å². The quantitative estimate of drug-likeness (QED) is 0.686. The highest BCUT2D eigenvalue weighted by Crippen LogP contribution is 2.36. The lowest BCUT2D eigenvalue weighted by atomic mass is 10.1. The zero-order valence-corrected chi connectivity index (χ0v) is 17.8. The van der Waals surface area contributed by atoms with Crippen molar-refractivity contribution in [1.82, 2.24) is 10.2 Å². The van der Waals surface area contributed by atoms with Gasteiger partial charge >= 0.3 is 6.18 Å². The van der Waals surface area contributed by atoms with Crippen molar-refractivity contribution >= 4 is 17.5 Å². The molecule has 8 heteroatoms. The van der Waals surface area contributed by atoms with E-state index in [1.54, 1.807) is 7.11 Å². The molecule has 0 spiro atoms. The molecule has 2 aromatic rings. The average Bonchev–Trinajstić information content (AvgIpc) is 3.13. The number of amides is 1. The molecule has 0 radical (unpaired) electrons. The van der Waals surface area contributed by atoms with Gasteiger partial charge < -0.3 is 10.1 Å². The van der Waals surface area contributed by atoms with Crippen LogP contribution < -0.4 is 10.1 Å². The number of methoxy groups -OCH3 is 1. The number of rotatable bonds is 5. The lowest BCUT2D eigenvalue weighted by molar-refractivity contribution is -0.137. The predicted octanol–water partition coefficient (Wildman–Crippen LogP) is 5.27. The van der Waals surface area contributed by atoms with Crippen LogP contribution in [0.2, 0.25) is 5.02 Å². The van der Waals surface area contributed by atoms with Gasteiger partial charge in [0.05, 0.1) is 23.3 Å². The Morgan fingerprint density at radius 1 is 1.20 bits per heavy atom. The second kappa shape index (κ2) is 11.2. The number of likely N-dealkylation sites (tertiary alicyclic amines) is 1. The Labute approximate surface area is 180 Å². The summed E-state index contributed by atoms with van der Waals surface area (Å²) in [6.07, 6.45) is -2.31. The maximum absolute atomic E-state index is 12.8. The highest BCUT2D eigenvalue weighted by Gasteiger charge is 2.34. The van der Waals surface area contributed by atoms with E-state index in [0.29, 0.717) is 19.1 Å². The molecule has 1 unspecified atom stereocenters. The number of ether oxygens (including phenoxy) is 1. The van der Waals surface area contributed by atoms with Gasteiger partial charge in [-0.3, -0.25) is 9.69 Å². The Morgan fingerprint density at radius 2 is 1.90 bits per heavy atom. The number of carbonyl (C=O) groups is 1. The van der Waals surface area contributed by atoms with Crippen LogP contribution in [0.1, 0.15) is 35.7 Å². The van der Waals surface area contributed by atoms with E-state index in [-0.39, 0.29) is 5.56 Å². The highest BCUT2D eigenvalue weighted by atomic mass is 35.5. The molecule has 1 saturated heterocycles. The molecule has 164 valence electrons. The Balaban J connectivity index is 0.000000335. The number of nitrogens with zero attached hydrogens (tertiary/aromatic N) is 1. The summed E-state index contributed by atoms with van der Waals surface area (Å²) in [5, 5.41) is 2.08. The zero-order valence-electron chi connectivity index (χ0n) is 17.0. The number of carbonyl (C=O) groups excluding carboxylic acids is 1. The summed E-state index contributed by atoms with van der Waals surface area (Å²) >= 11 is 5.73. The van der Waals surface area contributed by atoms with Crippen molar-refractivity contribution < 1.29 is 22.7 Å². The van der Waals surface area contributed by atoms with Gasteiger partial charge in [-0.2, -0.15) is 13.2 Å². The van der Waals surface area contributed by atoms with Crippen LogP contribution in [-0.4, -0.2) is 43.6 Å². The fourth-order valence-electron chi connectivity index (χ4n) is 3.22. The number of halogens is 4. The van der Waals surface area contributed by atoms with Crippen LogP contribution in [0.15, 0.2) is 48.5 Å². The molecule has 3 rings (SSSR count). The molecule has 1 aliphatic rings. The first kappa shape index (κ1) is 24.0. The molecule has 1 aliphatic heterocycles. The van der Waals surface area contributed by atoms with Crippen molar-refractivity contribution in [3.05, 3.63) is 64.7 Å².